The SMILES string of the molecule is O=Cc1cnn(C2CCCCC2O)c1-c1ccccc1. The quantitative estimate of drug-likeness (QED) is 0.872. The van der Waals surface area contributed by atoms with Crippen molar-refractivity contribution in [2.45, 2.75) is 37.8 Å². The molecule has 4 nitrogen and oxygen atoms in total. The third kappa shape index (κ3) is 2.27. The second kappa shape index (κ2) is 5.59. The summed E-state index contributed by atoms with van der Waals surface area (Å²) in [6, 6.07) is 9.73. The van der Waals surface area contributed by atoms with Crippen LogP contribution in [0.3, 0.4) is 0 Å². The second-order valence-electron chi connectivity index (χ2n) is 5.30. The Kier molecular flexibility index (Phi) is 3.65. The van der Waals surface area contributed by atoms with Crippen LogP contribution >= 0.6 is 0 Å². The van der Waals surface area contributed by atoms with E-state index in [-0.39, 0.29) is 12.1 Å². The number of hydrogen-bond donors (Lipinski definition) is 1. The third-order valence-electron chi connectivity index (χ3n) is 4.01. The Morgan fingerprint density at radius 1 is 1.20 bits per heavy atom. The number of aromatic nitrogens is 2. The molecule has 1 aliphatic rings. The van der Waals surface area contributed by atoms with E-state index in [1.165, 1.54) is 0 Å². The highest BCUT2D eigenvalue weighted by Gasteiger charge is 2.28. The van der Waals surface area contributed by atoms with Crippen LogP contribution in [-0.4, -0.2) is 27.3 Å². The monoisotopic (exact) mass is 270 g/mol. The zero-order valence-electron chi connectivity index (χ0n) is 11.3. The number of rotatable bonds is 3. The molecule has 0 radical (unpaired) electrons. The Bertz CT molecular complexity index is 592. The van der Waals surface area contributed by atoms with Crippen LogP contribution < -0.4 is 0 Å². The summed E-state index contributed by atoms with van der Waals surface area (Å²) in [5, 5.41) is 14.6. The molecule has 20 heavy (non-hydrogen) atoms. The second-order valence-corrected chi connectivity index (χ2v) is 5.30. The lowest BCUT2D eigenvalue weighted by atomic mass is 9.92. The van der Waals surface area contributed by atoms with E-state index in [2.05, 4.69) is 5.10 Å². The molecule has 104 valence electrons. The lowest BCUT2D eigenvalue weighted by molar-refractivity contribution is 0.0702. The zero-order valence-corrected chi connectivity index (χ0v) is 11.3. The van der Waals surface area contributed by atoms with Crippen molar-refractivity contribution in [2.24, 2.45) is 0 Å². The fourth-order valence-corrected chi connectivity index (χ4v) is 2.99. The smallest absolute Gasteiger partial charge is 0.153 e. The van der Waals surface area contributed by atoms with Crippen LogP contribution in [0.15, 0.2) is 36.5 Å². The highest BCUT2D eigenvalue weighted by molar-refractivity contribution is 5.85. The molecule has 3 rings (SSSR count). The maximum absolute atomic E-state index is 11.3. The molecule has 4 heteroatoms. The molecule has 0 bridgehead atoms. The van der Waals surface area contributed by atoms with E-state index < -0.39 is 0 Å². The predicted octanol–water partition coefficient (Wildman–Crippen LogP) is 2.84. The summed E-state index contributed by atoms with van der Waals surface area (Å²) in [6.45, 7) is 0. The van der Waals surface area contributed by atoms with Gasteiger partial charge in [0.2, 0.25) is 0 Å². The van der Waals surface area contributed by atoms with Gasteiger partial charge in [-0.25, -0.2) is 0 Å². The van der Waals surface area contributed by atoms with Gasteiger partial charge < -0.3 is 5.11 Å². The van der Waals surface area contributed by atoms with Crippen molar-refractivity contribution in [1.29, 1.82) is 0 Å². The molecule has 1 saturated carbocycles. The van der Waals surface area contributed by atoms with Gasteiger partial charge in [-0.3, -0.25) is 9.48 Å². The van der Waals surface area contributed by atoms with E-state index >= 15 is 0 Å². The van der Waals surface area contributed by atoms with Crippen molar-refractivity contribution in [3.63, 3.8) is 0 Å². The van der Waals surface area contributed by atoms with E-state index in [1.54, 1.807) is 6.20 Å². The van der Waals surface area contributed by atoms with Crippen LogP contribution in [0.4, 0.5) is 0 Å². The van der Waals surface area contributed by atoms with Gasteiger partial charge in [0, 0.05) is 5.56 Å². The summed E-state index contributed by atoms with van der Waals surface area (Å²) < 4.78 is 1.84. The number of aliphatic hydroxyl groups excluding tert-OH is 1. The normalized spacial score (nSPS) is 22.6. The highest BCUT2D eigenvalue weighted by Crippen LogP contribution is 2.33. The number of nitrogens with zero attached hydrogens (tertiary/aromatic N) is 2. The minimum absolute atomic E-state index is 0.0346. The fourth-order valence-electron chi connectivity index (χ4n) is 2.99. The maximum atomic E-state index is 11.3. The van der Waals surface area contributed by atoms with Crippen LogP contribution in [-0.2, 0) is 0 Å². The maximum Gasteiger partial charge on any atom is 0.153 e. The number of aliphatic hydroxyl groups is 1. The molecule has 0 saturated heterocycles. The van der Waals surface area contributed by atoms with Crippen molar-refractivity contribution in [1.82, 2.24) is 9.78 Å². The standard InChI is InChI=1S/C16H18N2O2/c19-11-13-10-17-18(14-8-4-5-9-15(14)20)16(13)12-6-2-1-3-7-12/h1-3,6-7,10-11,14-15,20H,4-5,8-9H2. The average molecular weight is 270 g/mol. The van der Waals surface area contributed by atoms with Crippen molar-refractivity contribution < 1.29 is 9.90 Å². The number of carbonyl (C=O) groups excluding carboxylic acids is 1. The van der Waals surface area contributed by atoms with Gasteiger partial charge >= 0.3 is 0 Å². The molecule has 1 fully saturated rings. The number of carbonyl (C=O) groups is 1. The average Bonchev–Trinajstić information content (AvgIpc) is 2.92. The van der Waals surface area contributed by atoms with Gasteiger partial charge in [0.25, 0.3) is 0 Å². The zero-order chi connectivity index (χ0) is 13.9. The molecule has 1 aromatic carbocycles. The Morgan fingerprint density at radius 3 is 2.65 bits per heavy atom. The minimum Gasteiger partial charge on any atom is -0.391 e. The molecule has 0 spiro atoms. The predicted molar refractivity (Wildman–Crippen MR) is 76.6 cm³/mol. The van der Waals surface area contributed by atoms with Crippen molar-refractivity contribution >= 4 is 6.29 Å². The summed E-state index contributed by atoms with van der Waals surface area (Å²) in [4.78, 5) is 11.3. The first-order valence-corrected chi connectivity index (χ1v) is 7.07. The molecule has 2 atom stereocenters. The lowest BCUT2D eigenvalue weighted by Crippen LogP contribution is -2.28. The first kappa shape index (κ1) is 13.1. The molecule has 2 aromatic rings. The van der Waals surface area contributed by atoms with E-state index in [0.29, 0.717) is 5.56 Å². The largest absolute Gasteiger partial charge is 0.391 e. The summed E-state index contributed by atoms with van der Waals surface area (Å²) in [5.41, 5.74) is 2.35. The van der Waals surface area contributed by atoms with E-state index in [1.807, 2.05) is 35.0 Å². The van der Waals surface area contributed by atoms with Gasteiger partial charge in [-0.05, 0) is 12.8 Å². The molecule has 0 aliphatic heterocycles. The molecular weight excluding hydrogens is 252 g/mol. The summed E-state index contributed by atoms with van der Waals surface area (Å²) >= 11 is 0. The van der Waals surface area contributed by atoms with Gasteiger partial charge in [-0.2, -0.15) is 5.10 Å². The van der Waals surface area contributed by atoms with Crippen LogP contribution in [0, 0.1) is 0 Å². The minimum atomic E-state index is -0.384. The van der Waals surface area contributed by atoms with E-state index in [0.717, 1.165) is 43.2 Å². The molecule has 1 aliphatic carbocycles. The van der Waals surface area contributed by atoms with Gasteiger partial charge in [0.1, 0.15) is 0 Å². The molecule has 1 N–H and O–H groups in total. The Morgan fingerprint density at radius 2 is 1.95 bits per heavy atom. The molecule has 1 heterocycles. The first-order chi connectivity index (χ1) is 9.81. The van der Waals surface area contributed by atoms with E-state index in [4.69, 9.17) is 0 Å². The van der Waals surface area contributed by atoms with Crippen LogP contribution in [0.1, 0.15) is 42.1 Å². The summed E-state index contributed by atoms with van der Waals surface area (Å²) in [5.74, 6) is 0. The van der Waals surface area contributed by atoms with Gasteiger partial charge in [-0.15, -0.1) is 0 Å². The number of benzene rings is 1. The van der Waals surface area contributed by atoms with Crippen molar-refractivity contribution in [2.75, 3.05) is 0 Å². The van der Waals surface area contributed by atoms with Crippen LogP contribution in [0.2, 0.25) is 0 Å². The van der Waals surface area contributed by atoms with Crippen LogP contribution in [0.25, 0.3) is 11.3 Å². The molecule has 2 unspecified atom stereocenters. The third-order valence-corrected chi connectivity index (χ3v) is 4.01. The van der Waals surface area contributed by atoms with Crippen LogP contribution in [0.5, 0.6) is 0 Å². The molecule has 0 amide bonds. The Hall–Kier alpha value is -1.94. The van der Waals surface area contributed by atoms with Gasteiger partial charge in [-0.1, -0.05) is 43.2 Å². The molecular formula is C16H18N2O2. The Balaban J connectivity index is 2.08. The molecule has 1 aromatic heterocycles. The lowest BCUT2D eigenvalue weighted by Gasteiger charge is -2.29. The summed E-state index contributed by atoms with van der Waals surface area (Å²) in [7, 11) is 0. The topological polar surface area (TPSA) is 55.1 Å². The summed E-state index contributed by atoms with van der Waals surface area (Å²) in [6.07, 6.45) is 5.89. The number of aldehydes is 1. The van der Waals surface area contributed by atoms with Crippen molar-refractivity contribution in [3.8, 4) is 11.3 Å². The first-order valence-electron chi connectivity index (χ1n) is 7.07. The Labute approximate surface area is 118 Å². The van der Waals surface area contributed by atoms with Gasteiger partial charge in [0.15, 0.2) is 6.29 Å². The highest BCUT2D eigenvalue weighted by atomic mass is 16.3. The van der Waals surface area contributed by atoms with Crippen molar-refractivity contribution in [3.05, 3.63) is 42.1 Å². The number of hydrogen-bond acceptors (Lipinski definition) is 3. The van der Waals surface area contributed by atoms with E-state index in [9.17, 15) is 9.90 Å². The fraction of sp³-hybridized carbons (Fsp3) is 0.375. The van der Waals surface area contributed by atoms with Gasteiger partial charge in [0.05, 0.1) is 29.6 Å².